The minimum atomic E-state index is -3.86. The smallest absolute Gasteiger partial charge is 0.271 e. The normalized spacial score (nSPS) is 18.5. The third kappa shape index (κ3) is 4.66. The third-order valence-electron chi connectivity index (χ3n) is 6.95. The fraction of sp³-hybridized carbons (Fsp3) is 0.259. The van der Waals surface area contributed by atoms with Crippen molar-refractivity contribution in [3.8, 4) is 0 Å². The first-order chi connectivity index (χ1) is 18.5. The summed E-state index contributed by atoms with van der Waals surface area (Å²) in [7, 11) is -7.72. The molecule has 0 radical (unpaired) electrons. The maximum absolute atomic E-state index is 14.2. The van der Waals surface area contributed by atoms with Crippen LogP contribution in [0.15, 0.2) is 79.1 Å². The number of nitrogens with one attached hydrogen (secondary N) is 2. The number of aliphatic hydroxyl groups is 1. The van der Waals surface area contributed by atoms with Crippen molar-refractivity contribution in [2.24, 2.45) is 4.40 Å². The summed E-state index contributed by atoms with van der Waals surface area (Å²) in [5.41, 5.74) is 0.646. The molecule has 0 saturated carbocycles. The Bertz CT molecular complexity index is 1610. The zero-order valence-electron chi connectivity index (χ0n) is 21.3. The average molecular weight is 588 g/mol. The van der Waals surface area contributed by atoms with Gasteiger partial charge in [-0.2, -0.15) is 0 Å². The number of anilines is 2. The van der Waals surface area contributed by atoms with Crippen LogP contribution in [0.25, 0.3) is 5.76 Å². The number of carbonyl (C=O) groups is 1. The molecule has 1 aliphatic heterocycles. The van der Waals surface area contributed by atoms with E-state index < -0.39 is 26.2 Å². The van der Waals surface area contributed by atoms with E-state index in [0.29, 0.717) is 18.4 Å². The molecule has 2 aliphatic rings. The molecule has 0 fully saturated rings. The van der Waals surface area contributed by atoms with Gasteiger partial charge in [0.05, 0.1) is 16.8 Å². The Morgan fingerprint density at radius 2 is 1.77 bits per heavy atom. The lowest BCUT2D eigenvalue weighted by atomic mass is 9.63. The summed E-state index contributed by atoms with van der Waals surface area (Å²) in [6.45, 7) is 4.00. The molecule has 0 unspecified atom stereocenters. The third-order valence-corrected chi connectivity index (χ3v) is 11.1. The number of carbonyl (C=O) groups excluding carboxylic acids is 1. The van der Waals surface area contributed by atoms with E-state index in [0.717, 1.165) is 29.7 Å². The van der Waals surface area contributed by atoms with Crippen LogP contribution in [-0.4, -0.2) is 34.2 Å². The van der Waals surface area contributed by atoms with E-state index in [-0.39, 0.29) is 43.4 Å². The lowest BCUT2D eigenvalue weighted by molar-refractivity contribution is -0.121. The molecule has 1 aromatic heterocycles. The number of thiophene rings is 1. The van der Waals surface area contributed by atoms with Crippen LogP contribution < -0.4 is 10.0 Å². The number of aliphatic hydroxyl groups excluding tert-OH is 1. The van der Waals surface area contributed by atoms with Gasteiger partial charge in [-0.3, -0.25) is 18.6 Å². The Morgan fingerprint density at radius 1 is 1.05 bits per heavy atom. The number of ketones is 1. The van der Waals surface area contributed by atoms with E-state index in [1.54, 1.807) is 23.6 Å². The second-order valence-electron chi connectivity index (χ2n) is 9.51. The Morgan fingerprint density at radius 3 is 2.44 bits per heavy atom. The van der Waals surface area contributed by atoms with Crippen LogP contribution in [0.5, 0.6) is 0 Å². The second kappa shape index (κ2) is 10.1. The molecule has 9 nitrogen and oxygen atoms in total. The fourth-order valence-corrected chi connectivity index (χ4v) is 8.61. The average Bonchev–Trinajstić information content (AvgIpc) is 3.44. The molecule has 0 spiro atoms. The van der Waals surface area contributed by atoms with Crippen molar-refractivity contribution in [1.29, 1.82) is 0 Å². The lowest BCUT2D eigenvalue weighted by Gasteiger charge is -2.40. The van der Waals surface area contributed by atoms with Gasteiger partial charge < -0.3 is 10.4 Å². The highest BCUT2D eigenvalue weighted by atomic mass is 32.3. The summed E-state index contributed by atoms with van der Waals surface area (Å²) in [4.78, 5) is 14.1. The van der Waals surface area contributed by atoms with E-state index in [9.17, 15) is 27.4 Å². The lowest BCUT2D eigenvalue weighted by Crippen LogP contribution is -2.44. The number of Topliss-reactive ketones (excluding diaryl/α,β-unsaturated/α-hetero) is 1. The van der Waals surface area contributed by atoms with Crippen LogP contribution in [0.2, 0.25) is 0 Å². The molecule has 0 saturated heterocycles. The largest absolute Gasteiger partial charge is 0.506 e. The van der Waals surface area contributed by atoms with E-state index >= 15 is 0 Å². The van der Waals surface area contributed by atoms with Gasteiger partial charge in [-0.25, -0.2) is 8.42 Å². The Hall–Kier alpha value is -3.16. The number of sulfonamides is 1. The first-order valence-corrected chi connectivity index (χ1v) is 16.3. The Kier molecular flexibility index (Phi) is 7.10. The number of benzene rings is 2. The van der Waals surface area contributed by atoms with E-state index in [2.05, 4.69) is 14.4 Å². The predicted molar refractivity (Wildman–Crippen MR) is 156 cm³/mol. The van der Waals surface area contributed by atoms with Gasteiger partial charge in [0.25, 0.3) is 10.0 Å². The summed E-state index contributed by atoms with van der Waals surface area (Å²) in [6, 6.07) is 14.6. The number of fused-ring (bicyclic) bond motifs is 2. The monoisotopic (exact) mass is 587 g/mol. The Balaban J connectivity index is 1.58. The van der Waals surface area contributed by atoms with Gasteiger partial charge in [-0.05, 0) is 48.1 Å². The number of amidine groups is 1. The highest BCUT2D eigenvalue weighted by molar-refractivity contribution is 8.23. The molecule has 3 aromatic rings. The van der Waals surface area contributed by atoms with Gasteiger partial charge in [0.2, 0.25) is 0 Å². The summed E-state index contributed by atoms with van der Waals surface area (Å²) >= 11 is 1.06. The second-order valence-corrected chi connectivity index (χ2v) is 14.0. The van der Waals surface area contributed by atoms with Gasteiger partial charge in [-0.15, -0.1) is 15.7 Å². The van der Waals surface area contributed by atoms with Gasteiger partial charge in [0, 0.05) is 5.56 Å². The molecule has 2 aromatic carbocycles. The molecule has 0 bridgehead atoms. The standard InChI is InChI=1S/C27H29N3O6S3/c1-3-13-27(14-4-2)19-9-6-5-8-18(19)24(31)23(25(27)32)26-28-20-12-11-17(16-21(20)38(33,34)30-26)29-39(35,36)22-10-7-15-37-22/h5-12,15-16,29,31,33-34H,3-4,13-14H2,1-2H3,(H,28,30). The molecule has 206 valence electrons. The van der Waals surface area contributed by atoms with Crippen molar-refractivity contribution < 1.29 is 27.4 Å². The van der Waals surface area contributed by atoms with Gasteiger partial charge in [0.15, 0.2) is 11.6 Å². The van der Waals surface area contributed by atoms with Crippen molar-refractivity contribution >= 4 is 60.9 Å². The molecule has 0 amide bonds. The molecular formula is C27H29N3O6S3. The van der Waals surface area contributed by atoms with E-state index in [1.165, 1.54) is 24.3 Å². The minimum absolute atomic E-state index is 0.0326. The molecule has 0 atom stereocenters. The fourth-order valence-electron chi connectivity index (χ4n) is 5.38. The van der Waals surface area contributed by atoms with Crippen molar-refractivity contribution in [3.05, 3.63) is 76.7 Å². The van der Waals surface area contributed by atoms with Crippen LogP contribution in [0.1, 0.15) is 50.7 Å². The van der Waals surface area contributed by atoms with Crippen LogP contribution in [0, 0.1) is 0 Å². The number of nitrogens with zero attached hydrogens (tertiary/aromatic N) is 1. The molecular weight excluding hydrogens is 559 g/mol. The van der Waals surface area contributed by atoms with Gasteiger partial charge in [0.1, 0.15) is 20.4 Å². The van der Waals surface area contributed by atoms with Gasteiger partial charge >= 0.3 is 0 Å². The Labute approximate surface area is 232 Å². The molecule has 2 heterocycles. The SMILES string of the molecule is CCCC1(CCC)C(=O)C(C2=NS(O)(O)c3cc(NS(=O)(=O)c4cccs4)ccc3N2)=C(O)c2ccccc21. The molecule has 39 heavy (non-hydrogen) atoms. The van der Waals surface area contributed by atoms with E-state index in [4.69, 9.17) is 0 Å². The predicted octanol–water partition coefficient (Wildman–Crippen LogP) is 6.79. The number of hydrogen-bond donors (Lipinski definition) is 5. The zero-order valence-corrected chi connectivity index (χ0v) is 23.8. The quantitative estimate of drug-likeness (QED) is 0.195. The van der Waals surface area contributed by atoms with Crippen LogP contribution in [-0.2, 0) is 20.2 Å². The van der Waals surface area contributed by atoms with Crippen LogP contribution >= 0.6 is 22.1 Å². The molecule has 5 rings (SSSR count). The molecule has 1 aliphatic carbocycles. The van der Waals surface area contributed by atoms with Crippen molar-refractivity contribution in [2.75, 3.05) is 10.0 Å². The minimum Gasteiger partial charge on any atom is -0.506 e. The summed E-state index contributed by atoms with van der Waals surface area (Å²) in [5.74, 6) is -0.737. The first kappa shape index (κ1) is 27.4. The highest BCUT2D eigenvalue weighted by Gasteiger charge is 2.48. The van der Waals surface area contributed by atoms with Crippen molar-refractivity contribution in [3.63, 3.8) is 0 Å². The maximum Gasteiger partial charge on any atom is 0.271 e. The maximum atomic E-state index is 14.2. The summed E-state index contributed by atoms with van der Waals surface area (Å²) in [6.07, 6.45) is 2.58. The highest BCUT2D eigenvalue weighted by Crippen LogP contribution is 2.57. The summed E-state index contributed by atoms with van der Waals surface area (Å²) < 4.78 is 54.1. The topological polar surface area (TPSA) is 148 Å². The van der Waals surface area contributed by atoms with Crippen molar-refractivity contribution in [2.45, 2.75) is 54.1 Å². The number of hydrogen-bond acceptors (Lipinski definition) is 9. The van der Waals surface area contributed by atoms with Crippen LogP contribution in [0.4, 0.5) is 11.4 Å². The summed E-state index contributed by atoms with van der Waals surface area (Å²) in [5, 5.41) is 15.9. The zero-order chi connectivity index (χ0) is 28.0. The first-order valence-electron chi connectivity index (χ1n) is 12.5. The molecule has 5 N–H and O–H groups in total. The van der Waals surface area contributed by atoms with E-state index in [1.807, 2.05) is 26.0 Å². The molecule has 12 heteroatoms. The number of rotatable bonds is 8. The van der Waals surface area contributed by atoms with Crippen LogP contribution in [0.3, 0.4) is 0 Å². The van der Waals surface area contributed by atoms with Crippen molar-refractivity contribution in [1.82, 2.24) is 0 Å². The van der Waals surface area contributed by atoms with Gasteiger partial charge in [-0.1, -0.05) is 67.8 Å².